The Labute approximate surface area is 81.2 Å². The molecule has 1 aliphatic rings. The van der Waals surface area contributed by atoms with Gasteiger partial charge in [0.05, 0.1) is 6.10 Å². The van der Waals surface area contributed by atoms with Crippen LogP contribution in [0.5, 0.6) is 0 Å². The fourth-order valence-corrected chi connectivity index (χ4v) is 1.83. The van der Waals surface area contributed by atoms with Crippen LogP contribution in [0.1, 0.15) is 38.5 Å². The molecule has 0 heterocycles. The van der Waals surface area contributed by atoms with Crippen molar-refractivity contribution in [2.75, 3.05) is 0 Å². The first-order valence-electron chi connectivity index (χ1n) is 5.30. The fourth-order valence-electron chi connectivity index (χ4n) is 1.83. The van der Waals surface area contributed by atoms with Crippen molar-refractivity contribution in [1.82, 2.24) is 0 Å². The molecule has 0 aromatic rings. The van der Waals surface area contributed by atoms with Gasteiger partial charge >= 0.3 is 0 Å². The maximum Gasteiger partial charge on any atom is 0.0752 e. The van der Waals surface area contributed by atoms with E-state index >= 15 is 0 Å². The molecule has 1 aliphatic carbocycles. The summed E-state index contributed by atoms with van der Waals surface area (Å²) in [6.45, 7) is 3.54. The molecule has 1 N–H and O–H groups in total. The lowest BCUT2D eigenvalue weighted by Crippen LogP contribution is -2.03. The van der Waals surface area contributed by atoms with Gasteiger partial charge in [-0.25, -0.2) is 0 Å². The Bertz CT molecular complexity index is 166. The zero-order chi connectivity index (χ0) is 9.52. The van der Waals surface area contributed by atoms with Crippen LogP contribution in [-0.4, -0.2) is 11.2 Å². The van der Waals surface area contributed by atoms with Crippen LogP contribution in [-0.2, 0) is 0 Å². The Morgan fingerprint density at radius 3 is 2.62 bits per heavy atom. The molecule has 1 atom stereocenters. The van der Waals surface area contributed by atoms with Gasteiger partial charge in [-0.1, -0.05) is 37.5 Å². The molecule has 0 bridgehead atoms. The van der Waals surface area contributed by atoms with Gasteiger partial charge in [0.2, 0.25) is 0 Å². The predicted molar refractivity (Wildman–Crippen MR) is 56.5 cm³/mol. The molecule has 1 rings (SSSR count). The van der Waals surface area contributed by atoms with Crippen molar-refractivity contribution in [3.63, 3.8) is 0 Å². The maximum absolute atomic E-state index is 9.22. The summed E-state index contributed by atoms with van der Waals surface area (Å²) in [7, 11) is 0. The van der Waals surface area contributed by atoms with E-state index in [1.807, 2.05) is 0 Å². The van der Waals surface area contributed by atoms with Gasteiger partial charge in [-0.2, -0.15) is 0 Å². The standard InChI is InChI=1S/C12H20O/c1-2-12(13)10-6-9-11-7-4-3-5-8-11/h2,6,9,11-13H,1,3-5,7-8,10H2/b9-6+/t12-/m1/s1. The van der Waals surface area contributed by atoms with E-state index in [4.69, 9.17) is 0 Å². The molecule has 1 heteroatoms. The lowest BCUT2D eigenvalue weighted by Gasteiger charge is -2.17. The first-order chi connectivity index (χ1) is 6.33. The number of rotatable bonds is 4. The Morgan fingerprint density at radius 2 is 2.00 bits per heavy atom. The van der Waals surface area contributed by atoms with Crippen molar-refractivity contribution in [2.24, 2.45) is 5.92 Å². The highest BCUT2D eigenvalue weighted by atomic mass is 16.3. The Morgan fingerprint density at radius 1 is 1.31 bits per heavy atom. The summed E-state index contributed by atoms with van der Waals surface area (Å²) < 4.78 is 0. The summed E-state index contributed by atoms with van der Waals surface area (Å²) >= 11 is 0. The predicted octanol–water partition coefficient (Wildman–Crippen LogP) is 3.06. The normalized spacial score (nSPS) is 21.9. The minimum absolute atomic E-state index is 0.361. The van der Waals surface area contributed by atoms with Crippen LogP contribution < -0.4 is 0 Å². The van der Waals surface area contributed by atoms with E-state index in [0.717, 1.165) is 12.3 Å². The van der Waals surface area contributed by atoms with Crippen LogP contribution in [0.4, 0.5) is 0 Å². The summed E-state index contributed by atoms with van der Waals surface area (Å²) in [5.74, 6) is 0.769. The zero-order valence-electron chi connectivity index (χ0n) is 8.28. The van der Waals surface area contributed by atoms with Crippen molar-refractivity contribution in [3.05, 3.63) is 24.8 Å². The molecule has 1 nitrogen and oxygen atoms in total. The van der Waals surface area contributed by atoms with E-state index < -0.39 is 0 Å². The van der Waals surface area contributed by atoms with Gasteiger partial charge in [0.15, 0.2) is 0 Å². The number of hydrogen-bond donors (Lipinski definition) is 1. The molecule has 0 saturated heterocycles. The third kappa shape index (κ3) is 4.28. The second kappa shape index (κ2) is 5.98. The molecule has 0 unspecified atom stereocenters. The average Bonchev–Trinajstić information content (AvgIpc) is 2.19. The molecule has 13 heavy (non-hydrogen) atoms. The van der Waals surface area contributed by atoms with Crippen LogP contribution in [0.15, 0.2) is 24.8 Å². The number of allylic oxidation sites excluding steroid dienone is 1. The molecule has 0 aromatic heterocycles. The summed E-state index contributed by atoms with van der Waals surface area (Å²) in [5, 5.41) is 9.22. The highest BCUT2D eigenvalue weighted by Crippen LogP contribution is 2.24. The van der Waals surface area contributed by atoms with Crippen molar-refractivity contribution in [2.45, 2.75) is 44.6 Å². The molecule has 0 spiro atoms. The largest absolute Gasteiger partial charge is 0.389 e. The van der Waals surface area contributed by atoms with E-state index in [9.17, 15) is 5.11 Å². The van der Waals surface area contributed by atoms with Gasteiger partial charge < -0.3 is 5.11 Å². The number of aliphatic hydroxyl groups excluding tert-OH is 1. The second-order valence-electron chi connectivity index (χ2n) is 3.86. The van der Waals surface area contributed by atoms with Crippen LogP contribution in [0, 0.1) is 5.92 Å². The van der Waals surface area contributed by atoms with Gasteiger partial charge in [-0.3, -0.25) is 0 Å². The Kier molecular flexibility index (Phi) is 4.84. The highest BCUT2D eigenvalue weighted by Gasteiger charge is 2.09. The van der Waals surface area contributed by atoms with Gasteiger partial charge in [-0.15, -0.1) is 6.58 Å². The molecular weight excluding hydrogens is 160 g/mol. The summed E-state index contributed by atoms with van der Waals surface area (Å²) in [4.78, 5) is 0. The monoisotopic (exact) mass is 180 g/mol. The molecule has 1 fully saturated rings. The summed E-state index contributed by atoms with van der Waals surface area (Å²) in [6.07, 6.45) is 13.1. The van der Waals surface area contributed by atoms with Crippen LogP contribution in [0.3, 0.4) is 0 Å². The maximum atomic E-state index is 9.22. The summed E-state index contributed by atoms with van der Waals surface area (Å²) in [5.41, 5.74) is 0. The van der Waals surface area contributed by atoms with Crippen LogP contribution in [0.25, 0.3) is 0 Å². The molecular formula is C12H20O. The average molecular weight is 180 g/mol. The quantitative estimate of drug-likeness (QED) is 0.659. The third-order valence-electron chi connectivity index (χ3n) is 2.71. The summed E-state index contributed by atoms with van der Waals surface area (Å²) in [6, 6.07) is 0. The van der Waals surface area contributed by atoms with Crippen molar-refractivity contribution >= 4 is 0 Å². The van der Waals surface area contributed by atoms with Crippen molar-refractivity contribution in [3.8, 4) is 0 Å². The smallest absolute Gasteiger partial charge is 0.0752 e. The van der Waals surface area contributed by atoms with Gasteiger partial charge in [0.25, 0.3) is 0 Å². The first-order valence-corrected chi connectivity index (χ1v) is 5.30. The lowest BCUT2D eigenvalue weighted by atomic mass is 9.89. The number of aliphatic hydroxyl groups is 1. The minimum Gasteiger partial charge on any atom is -0.389 e. The zero-order valence-corrected chi connectivity index (χ0v) is 8.28. The topological polar surface area (TPSA) is 20.2 Å². The van der Waals surface area contributed by atoms with E-state index in [1.165, 1.54) is 32.1 Å². The van der Waals surface area contributed by atoms with Gasteiger partial charge in [0.1, 0.15) is 0 Å². The van der Waals surface area contributed by atoms with E-state index in [0.29, 0.717) is 0 Å². The van der Waals surface area contributed by atoms with Crippen LogP contribution >= 0.6 is 0 Å². The van der Waals surface area contributed by atoms with E-state index in [1.54, 1.807) is 6.08 Å². The van der Waals surface area contributed by atoms with Crippen LogP contribution in [0.2, 0.25) is 0 Å². The molecule has 0 amide bonds. The minimum atomic E-state index is -0.361. The molecule has 74 valence electrons. The Balaban J connectivity index is 2.18. The molecule has 0 aliphatic heterocycles. The first kappa shape index (κ1) is 10.5. The SMILES string of the molecule is C=C[C@@H](O)C/C=C/C1CCCCC1. The number of hydrogen-bond acceptors (Lipinski definition) is 1. The van der Waals surface area contributed by atoms with Gasteiger partial charge in [-0.05, 0) is 25.2 Å². The second-order valence-corrected chi connectivity index (χ2v) is 3.86. The van der Waals surface area contributed by atoms with Crippen molar-refractivity contribution in [1.29, 1.82) is 0 Å². The molecule has 1 saturated carbocycles. The van der Waals surface area contributed by atoms with E-state index in [2.05, 4.69) is 18.7 Å². The third-order valence-corrected chi connectivity index (χ3v) is 2.71. The van der Waals surface area contributed by atoms with Crippen molar-refractivity contribution < 1.29 is 5.11 Å². The Hall–Kier alpha value is -0.560. The van der Waals surface area contributed by atoms with Gasteiger partial charge in [0, 0.05) is 0 Å². The molecule has 0 radical (unpaired) electrons. The van der Waals surface area contributed by atoms with E-state index in [-0.39, 0.29) is 6.10 Å². The highest BCUT2D eigenvalue weighted by molar-refractivity contribution is 4.94. The lowest BCUT2D eigenvalue weighted by molar-refractivity contribution is 0.227. The molecule has 0 aromatic carbocycles. The fraction of sp³-hybridized carbons (Fsp3) is 0.667.